The molecule has 4 rings (SSSR count). The van der Waals surface area contributed by atoms with Crippen LogP contribution in [0.2, 0.25) is 5.02 Å². The van der Waals surface area contributed by atoms with Gasteiger partial charge in [-0.05, 0) is 85.1 Å². The Labute approximate surface area is 238 Å². The molecule has 1 aliphatic heterocycles. The number of hydrazone groups is 1. The molecule has 1 saturated heterocycles. The summed E-state index contributed by atoms with van der Waals surface area (Å²) in [6.07, 6.45) is -1.65. The molecule has 2 heterocycles. The normalized spacial score (nSPS) is 14.9. The summed E-state index contributed by atoms with van der Waals surface area (Å²) in [5.41, 5.74) is 3.67. The first-order valence-corrected chi connectivity index (χ1v) is 13.8. The lowest BCUT2D eigenvalue weighted by Gasteiger charge is -2.31. The Balaban J connectivity index is 1.40. The second kappa shape index (κ2) is 12.9. The summed E-state index contributed by atoms with van der Waals surface area (Å²) in [6, 6.07) is 10.6. The lowest BCUT2D eigenvalue weighted by Crippen LogP contribution is -2.34. The van der Waals surface area contributed by atoms with Gasteiger partial charge in [0, 0.05) is 18.7 Å². The van der Waals surface area contributed by atoms with E-state index in [1.807, 2.05) is 18.2 Å². The van der Waals surface area contributed by atoms with Gasteiger partial charge in [-0.25, -0.2) is 5.43 Å². The van der Waals surface area contributed by atoms with Crippen LogP contribution >= 0.6 is 22.9 Å². The van der Waals surface area contributed by atoms with E-state index in [4.69, 9.17) is 11.6 Å². The van der Waals surface area contributed by atoms with E-state index in [1.54, 1.807) is 18.4 Å². The fraction of sp³-hybridized carbons (Fsp3) is 0.321. The summed E-state index contributed by atoms with van der Waals surface area (Å²) in [7, 11) is 0. The maximum atomic E-state index is 13.1. The van der Waals surface area contributed by atoms with E-state index >= 15 is 0 Å². The number of aryl methyl sites for hydroxylation is 1. The van der Waals surface area contributed by atoms with Crippen molar-refractivity contribution in [1.82, 2.24) is 10.3 Å². The fourth-order valence-electron chi connectivity index (χ4n) is 4.45. The highest BCUT2D eigenvalue weighted by Gasteiger charge is 2.33. The molecule has 3 aromatic rings. The molecule has 0 bridgehead atoms. The molecule has 1 aromatic heterocycles. The van der Waals surface area contributed by atoms with Gasteiger partial charge in [-0.1, -0.05) is 29.8 Å². The standard InChI is InChI=1S/C28H28ClF3N4O3S/c1-17-16-40-27(24(17)26(39)35-33-13-19-5-6-23(29)22(12-19)28(30,31)32)34-25(38)21-4-2-3-20(11-21)14-36-9-7-18(15-37)8-10-36/h2-6,11-13,16,18,37H,7-10,14-15H2,1H3,(H,34,38)(H,35,39)/b33-13+. The first kappa shape index (κ1) is 29.7. The maximum Gasteiger partial charge on any atom is 0.417 e. The third kappa shape index (κ3) is 7.48. The third-order valence-electron chi connectivity index (χ3n) is 6.67. The van der Waals surface area contributed by atoms with Crippen molar-refractivity contribution in [2.45, 2.75) is 32.5 Å². The van der Waals surface area contributed by atoms with Gasteiger partial charge in [0.15, 0.2) is 0 Å². The number of nitrogens with one attached hydrogen (secondary N) is 2. The fourth-order valence-corrected chi connectivity index (χ4v) is 5.61. The zero-order valence-electron chi connectivity index (χ0n) is 21.6. The highest BCUT2D eigenvalue weighted by atomic mass is 35.5. The molecule has 1 aliphatic rings. The number of aliphatic hydroxyl groups excluding tert-OH is 1. The molecule has 0 saturated carbocycles. The number of likely N-dealkylation sites (tertiary alicyclic amines) is 1. The van der Waals surface area contributed by atoms with Gasteiger partial charge in [0.25, 0.3) is 11.8 Å². The lowest BCUT2D eigenvalue weighted by molar-refractivity contribution is -0.137. The SMILES string of the molecule is Cc1csc(NC(=O)c2cccc(CN3CCC(CO)CC3)c2)c1C(=O)N/N=C/c1ccc(Cl)c(C(F)(F)F)c1. The van der Waals surface area contributed by atoms with E-state index in [0.29, 0.717) is 28.6 Å². The number of benzene rings is 2. The van der Waals surface area contributed by atoms with Crippen molar-refractivity contribution in [3.8, 4) is 0 Å². The van der Waals surface area contributed by atoms with E-state index in [2.05, 4.69) is 20.7 Å². The minimum atomic E-state index is -4.62. The Morgan fingerprint density at radius 1 is 1.18 bits per heavy atom. The smallest absolute Gasteiger partial charge is 0.396 e. The highest BCUT2D eigenvalue weighted by molar-refractivity contribution is 7.15. The second-order valence-electron chi connectivity index (χ2n) is 9.62. The molecule has 12 heteroatoms. The average Bonchev–Trinajstić information content (AvgIpc) is 3.29. The van der Waals surface area contributed by atoms with Crippen molar-refractivity contribution in [3.05, 3.63) is 86.2 Å². The van der Waals surface area contributed by atoms with E-state index in [9.17, 15) is 27.9 Å². The molecule has 0 spiro atoms. The van der Waals surface area contributed by atoms with Gasteiger partial charge in [0.05, 0.1) is 22.4 Å². The second-order valence-corrected chi connectivity index (χ2v) is 10.9. The van der Waals surface area contributed by atoms with Gasteiger partial charge < -0.3 is 10.4 Å². The molecule has 40 heavy (non-hydrogen) atoms. The van der Waals surface area contributed by atoms with Crippen molar-refractivity contribution < 1.29 is 27.9 Å². The number of carbonyl (C=O) groups is 2. The first-order chi connectivity index (χ1) is 19.0. The van der Waals surface area contributed by atoms with Gasteiger partial charge in [-0.15, -0.1) is 11.3 Å². The zero-order chi connectivity index (χ0) is 28.9. The number of hydrogen-bond acceptors (Lipinski definition) is 6. The van der Waals surface area contributed by atoms with Gasteiger partial charge in [0.1, 0.15) is 5.00 Å². The number of anilines is 1. The zero-order valence-corrected chi connectivity index (χ0v) is 23.2. The van der Waals surface area contributed by atoms with Crippen LogP contribution < -0.4 is 10.7 Å². The Morgan fingerprint density at radius 2 is 1.93 bits per heavy atom. The third-order valence-corrected chi connectivity index (χ3v) is 8.01. The van der Waals surface area contributed by atoms with Crippen LogP contribution in [-0.4, -0.2) is 47.7 Å². The minimum absolute atomic E-state index is 0.102. The van der Waals surface area contributed by atoms with E-state index in [1.165, 1.54) is 17.4 Å². The van der Waals surface area contributed by atoms with Crippen molar-refractivity contribution >= 4 is 46.0 Å². The van der Waals surface area contributed by atoms with Crippen molar-refractivity contribution in [3.63, 3.8) is 0 Å². The Kier molecular flexibility index (Phi) is 9.62. The minimum Gasteiger partial charge on any atom is -0.396 e. The largest absolute Gasteiger partial charge is 0.417 e. The van der Waals surface area contributed by atoms with Gasteiger partial charge in [-0.3, -0.25) is 14.5 Å². The van der Waals surface area contributed by atoms with E-state index in [-0.39, 0.29) is 23.6 Å². The molecule has 1 fully saturated rings. The van der Waals surface area contributed by atoms with Crippen LogP contribution in [-0.2, 0) is 12.7 Å². The summed E-state index contributed by atoms with van der Waals surface area (Å²) in [5, 5.41) is 17.5. The van der Waals surface area contributed by atoms with Crippen LogP contribution in [0.3, 0.4) is 0 Å². The number of aliphatic hydroxyl groups is 1. The lowest BCUT2D eigenvalue weighted by atomic mass is 9.97. The molecule has 0 aliphatic carbocycles. The first-order valence-electron chi connectivity index (χ1n) is 12.6. The molecule has 212 valence electrons. The number of hydrogen-bond donors (Lipinski definition) is 3. The van der Waals surface area contributed by atoms with Crippen LogP contribution in [0.4, 0.5) is 18.2 Å². The molecule has 2 aromatic carbocycles. The number of thiophene rings is 1. The molecule has 7 nitrogen and oxygen atoms in total. The summed E-state index contributed by atoms with van der Waals surface area (Å²) in [5.74, 6) is -0.643. The van der Waals surface area contributed by atoms with Crippen molar-refractivity contribution in [2.75, 3.05) is 25.0 Å². The number of amides is 2. The highest BCUT2D eigenvalue weighted by Crippen LogP contribution is 2.35. The molecule has 0 radical (unpaired) electrons. The number of piperidine rings is 1. The number of rotatable bonds is 8. The maximum absolute atomic E-state index is 13.1. The number of nitrogens with zero attached hydrogens (tertiary/aromatic N) is 2. The summed E-state index contributed by atoms with van der Waals surface area (Å²) >= 11 is 6.82. The predicted molar refractivity (Wildman–Crippen MR) is 150 cm³/mol. The Morgan fingerprint density at radius 3 is 2.62 bits per heavy atom. The quantitative estimate of drug-likeness (QED) is 0.223. The number of carbonyl (C=O) groups excluding carboxylic acids is 2. The molecule has 2 amide bonds. The van der Waals surface area contributed by atoms with Crippen LogP contribution in [0, 0.1) is 12.8 Å². The van der Waals surface area contributed by atoms with Crippen LogP contribution in [0.15, 0.2) is 52.9 Å². The topological polar surface area (TPSA) is 94.0 Å². The van der Waals surface area contributed by atoms with Crippen LogP contribution in [0.1, 0.15) is 55.8 Å². The van der Waals surface area contributed by atoms with Crippen molar-refractivity contribution in [2.24, 2.45) is 11.0 Å². The average molecular weight is 593 g/mol. The molecule has 3 N–H and O–H groups in total. The molecular weight excluding hydrogens is 565 g/mol. The van der Waals surface area contributed by atoms with Crippen LogP contribution in [0.25, 0.3) is 0 Å². The summed E-state index contributed by atoms with van der Waals surface area (Å²) in [4.78, 5) is 28.2. The van der Waals surface area contributed by atoms with Gasteiger partial charge in [-0.2, -0.15) is 18.3 Å². The van der Waals surface area contributed by atoms with E-state index < -0.39 is 22.7 Å². The van der Waals surface area contributed by atoms with Crippen molar-refractivity contribution in [1.29, 1.82) is 0 Å². The summed E-state index contributed by atoms with van der Waals surface area (Å²) < 4.78 is 39.3. The van der Waals surface area contributed by atoms with Crippen LogP contribution in [0.5, 0.6) is 0 Å². The Hall–Kier alpha value is -3.25. The Bertz CT molecular complexity index is 1400. The van der Waals surface area contributed by atoms with E-state index in [0.717, 1.165) is 49.8 Å². The summed E-state index contributed by atoms with van der Waals surface area (Å²) in [6.45, 7) is 4.39. The molecule has 0 atom stereocenters. The number of halogens is 4. The monoisotopic (exact) mass is 592 g/mol. The predicted octanol–water partition coefficient (Wildman–Crippen LogP) is 5.95. The van der Waals surface area contributed by atoms with Gasteiger partial charge >= 0.3 is 6.18 Å². The number of alkyl halides is 3. The molecular formula is C28H28ClF3N4O3S. The van der Waals surface area contributed by atoms with Gasteiger partial charge in [0.2, 0.25) is 0 Å². The molecule has 0 unspecified atom stereocenters.